The summed E-state index contributed by atoms with van der Waals surface area (Å²) in [6, 6.07) is 25.8. The molecule has 0 aliphatic heterocycles. The van der Waals surface area contributed by atoms with Crippen LogP contribution in [0.1, 0.15) is 11.1 Å². The van der Waals surface area contributed by atoms with E-state index in [1.165, 1.54) is 0 Å². The Hall–Kier alpha value is -3.53. The molecule has 0 bridgehead atoms. The molecule has 3 nitrogen and oxygen atoms in total. The van der Waals surface area contributed by atoms with Crippen LogP contribution in [0, 0.1) is 6.92 Å². The molecular weight excluding hydrogens is 365 g/mol. The predicted octanol–water partition coefficient (Wildman–Crippen LogP) is 6.34. The van der Waals surface area contributed by atoms with Crippen LogP contribution < -0.4 is 9.47 Å². The molecule has 3 aromatic carbocycles. The van der Waals surface area contributed by atoms with E-state index in [1.807, 2.05) is 103 Å². The lowest BCUT2D eigenvalue weighted by Gasteiger charge is -2.16. The number of hydrogen-bond donors (Lipinski definition) is 0. The van der Waals surface area contributed by atoms with E-state index in [4.69, 9.17) is 9.47 Å². The Kier molecular flexibility index (Phi) is 5.61. The van der Waals surface area contributed by atoms with Gasteiger partial charge < -0.3 is 14.0 Å². The molecule has 0 saturated carbocycles. The quantitative estimate of drug-likeness (QED) is 0.369. The van der Waals surface area contributed by atoms with E-state index < -0.39 is 6.86 Å². The average Bonchev–Trinajstić information content (AvgIpc) is 3.30. The summed E-state index contributed by atoms with van der Waals surface area (Å²) in [5.41, 5.74) is 4.87. The number of benzene rings is 3. The van der Waals surface area contributed by atoms with Crippen molar-refractivity contribution in [2.24, 2.45) is 0 Å². The van der Waals surface area contributed by atoms with Crippen LogP contribution in [0.4, 0.5) is 4.39 Å². The molecule has 0 radical (unpaired) electrons. The molecule has 1 aromatic heterocycles. The first-order valence-electron chi connectivity index (χ1n) is 9.49. The molecule has 4 heteroatoms. The molecule has 0 N–H and O–H groups in total. The summed E-state index contributed by atoms with van der Waals surface area (Å²) in [5.74, 6) is 1.29. The van der Waals surface area contributed by atoms with Crippen LogP contribution in [0.2, 0.25) is 0 Å². The molecule has 0 aliphatic carbocycles. The molecule has 4 rings (SSSR count). The highest BCUT2D eigenvalue weighted by atomic mass is 19.1. The van der Waals surface area contributed by atoms with Gasteiger partial charge in [-0.2, -0.15) is 0 Å². The van der Waals surface area contributed by atoms with Crippen LogP contribution in [0.15, 0.2) is 91.3 Å². The second-order valence-corrected chi connectivity index (χ2v) is 6.72. The summed E-state index contributed by atoms with van der Waals surface area (Å²) < 4.78 is 26.4. The van der Waals surface area contributed by atoms with Gasteiger partial charge in [-0.05, 0) is 60.0 Å². The highest BCUT2D eigenvalue weighted by molar-refractivity contribution is 5.71. The minimum absolute atomic E-state index is 0.300. The Morgan fingerprint density at radius 2 is 1.52 bits per heavy atom. The fraction of sp³-hybridized carbons (Fsp3) is 0.120. The van der Waals surface area contributed by atoms with Gasteiger partial charge in [0.1, 0.15) is 18.1 Å². The van der Waals surface area contributed by atoms with Gasteiger partial charge >= 0.3 is 0 Å². The van der Waals surface area contributed by atoms with E-state index in [-0.39, 0.29) is 0 Å². The van der Waals surface area contributed by atoms with Crippen LogP contribution >= 0.6 is 0 Å². The van der Waals surface area contributed by atoms with E-state index in [0.29, 0.717) is 12.4 Å². The molecule has 0 fully saturated rings. The Bertz CT molecular complexity index is 1060. The van der Waals surface area contributed by atoms with E-state index in [2.05, 4.69) is 0 Å². The van der Waals surface area contributed by atoms with Crippen LogP contribution in [0.25, 0.3) is 16.8 Å². The highest BCUT2D eigenvalue weighted by Crippen LogP contribution is 2.34. The van der Waals surface area contributed by atoms with Crippen molar-refractivity contribution in [1.29, 1.82) is 0 Å². The molecule has 0 spiro atoms. The van der Waals surface area contributed by atoms with E-state index >= 15 is 0 Å². The lowest BCUT2D eigenvalue weighted by atomic mass is 9.97. The van der Waals surface area contributed by atoms with Gasteiger partial charge in [0.2, 0.25) is 6.86 Å². The molecule has 0 unspecified atom stereocenters. The predicted molar refractivity (Wildman–Crippen MR) is 113 cm³/mol. The van der Waals surface area contributed by atoms with Crippen molar-refractivity contribution >= 4 is 0 Å². The molecule has 0 saturated heterocycles. The lowest BCUT2D eigenvalue weighted by molar-refractivity contribution is 0.185. The van der Waals surface area contributed by atoms with Gasteiger partial charge in [-0.1, -0.05) is 42.5 Å². The third-order valence-corrected chi connectivity index (χ3v) is 4.90. The van der Waals surface area contributed by atoms with Crippen molar-refractivity contribution in [3.8, 4) is 28.3 Å². The van der Waals surface area contributed by atoms with Crippen LogP contribution in [-0.2, 0) is 6.61 Å². The standard InChI is InChI=1S/C25H22FNO2/c1-19-24(20-7-3-2-4-8-20)14-9-21(25(19)29-18-26)17-28-23-12-10-22(11-13-23)27-15-5-6-16-27/h2-16H,17-18H2,1H3. The number of aromatic nitrogens is 1. The van der Waals surface area contributed by atoms with E-state index in [0.717, 1.165) is 33.7 Å². The average molecular weight is 387 g/mol. The number of nitrogens with zero attached hydrogens (tertiary/aromatic N) is 1. The molecule has 0 atom stereocenters. The van der Waals surface area contributed by atoms with Crippen molar-refractivity contribution in [2.45, 2.75) is 13.5 Å². The second-order valence-electron chi connectivity index (χ2n) is 6.72. The summed E-state index contributed by atoms with van der Waals surface area (Å²) >= 11 is 0. The number of halogens is 1. The third kappa shape index (κ3) is 4.16. The largest absolute Gasteiger partial charge is 0.489 e. The first-order valence-corrected chi connectivity index (χ1v) is 9.49. The van der Waals surface area contributed by atoms with E-state index in [1.54, 1.807) is 0 Å². The first kappa shape index (κ1) is 18.8. The third-order valence-electron chi connectivity index (χ3n) is 4.90. The van der Waals surface area contributed by atoms with Crippen molar-refractivity contribution < 1.29 is 13.9 Å². The van der Waals surface area contributed by atoms with Gasteiger partial charge in [-0.3, -0.25) is 0 Å². The smallest absolute Gasteiger partial charge is 0.228 e. The summed E-state index contributed by atoms with van der Waals surface area (Å²) in [6.07, 6.45) is 3.99. The maximum Gasteiger partial charge on any atom is 0.228 e. The zero-order valence-electron chi connectivity index (χ0n) is 16.2. The fourth-order valence-electron chi connectivity index (χ4n) is 3.43. The number of hydrogen-bond acceptors (Lipinski definition) is 2. The molecular formula is C25H22FNO2. The number of alkyl halides is 1. The van der Waals surface area contributed by atoms with Gasteiger partial charge in [-0.15, -0.1) is 0 Å². The zero-order valence-corrected chi connectivity index (χ0v) is 16.2. The maximum absolute atomic E-state index is 13.0. The fourth-order valence-corrected chi connectivity index (χ4v) is 3.43. The number of ether oxygens (including phenoxy) is 2. The number of rotatable bonds is 7. The van der Waals surface area contributed by atoms with Gasteiger partial charge in [-0.25, -0.2) is 4.39 Å². The summed E-state index contributed by atoms with van der Waals surface area (Å²) in [5, 5.41) is 0. The normalized spacial score (nSPS) is 10.7. The van der Waals surface area contributed by atoms with Crippen molar-refractivity contribution in [3.05, 3.63) is 102 Å². The second kappa shape index (κ2) is 8.65. The Balaban J connectivity index is 1.54. The summed E-state index contributed by atoms with van der Waals surface area (Å²) in [7, 11) is 0. The SMILES string of the molecule is Cc1c(-c2ccccc2)ccc(COc2ccc(-n3cccc3)cc2)c1OCF. The molecule has 29 heavy (non-hydrogen) atoms. The minimum atomic E-state index is -0.877. The molecule has 1 heterocycles. The molecule has 4 aromatic rings. The Morgan fingerprint density at radius 1 is 0.793 bits per heavy atom. The van der Waals surface area contributed by atoms with Crippen LogP contribution in [0.3, 0.4) is 0 Å². The lowest BCUT2D eigenvalue weighted by Crippen LogP contribution is -2.03. The summed E-state index contributed by atoms with van der Waals surface area (Å²) in [4.78, 5) is 0. The monoisotopic (exact) mass is 387 g/mol. The maximum atomic E-state index is 13.0. The Morgan fingerprint density at radius 3 is 2.21 bits per heavy atom. The zero-order chi connectivity index (χ0) is 20.1. The van der Waals surface area contributed by atoms with Gasteiger partial charge in [0.05, 0.1) is 0 Å². The van der Waals surface area contributed by atoms with Gasteiger partial charge in [0.25, 0.3) is 0 Å². The molecule has 0 amide bonds. The van der Waals surface area contributed by atoms with Gasteiger partial charge in [0, 0.05) is 23.6 Å². The Labute approximate surface area is 170 Å². The minimum Gasteiger partial charge on any atom is -0.489 e. The van der Waals surface area contributed by atoms with Crippen LogP contribution in [-0.4, -0.2) is 11.4 Å². The van der Waals surface area contributed by atoms with Gasteiger partial charge in [0.15, 0.2) is 0 Å². The topological polar surface area (TPSA) is 23.4 Å². The van der Waals surface area contributed by atoms with Crippen LogP contribution in [0.5, 0.6) is 11.5 Å². The van der Waals surface area contributed by atoms with Crippen molar-refractivity contribution in [1.82, 2.24) is 4.57 Å². The van der Waals surface area contributed by atoms with E-state index in [9.17, 15) is 4.39 Å². The molecule has 0 aliphatic rings. The van der Waals surface area contributed by atoms with Crippen molar-refractivity contribution in [2.75, 3.05) is 6.86 Å². The first-order chi connectivity index (χ1) is 14.3. The highest BCUT2D eigenvalue weighted by Gasteiger charge is 2.13. The van der Waals surface area contributed by atoms with Crippen molar-refractivity contribution in [3.63, 3.8) is 0 Å². The summed E-state index contributed by atoms with van der Waals surface area (Å²) in [6.45, 7) is 1.37. The molecule has 146 valence electrons.